The zero-order valence-electron chi connectivity index (χ0n) is 20.7. The van der Waals surface area contributed by atoms with Crippen molar-refractivity contribution < 1.29 is 19.1 Å². The predicted octanol–water partition coefficient (Wildman–Crippen LogP) is 5.22. The van der Waals surface area contributed by atoms with Gasteiger partial charge in [-0.15, -0.1) is 0 Å². The number of hydrogen-bond donors (Lipinski definition) is 2. The molecule has 1 aliphatic carbocycles. The molecule has 4 rings (SSSR count). The van der Waals surface area contributed by atoms with Crippen LogP contribution >= 0.6 is 23.8 Å². The van der Waals surface area contributed by atoms with Gasteiger partial charge in [0.1, 0.15) is 0 Å². The Morgan fingerprint density at radius 1 is 1.05 bits per heavy atom. The molecule has 7 nitrogen and oxygen atoms in total. The van der Waals surface area contributed by atoms with Crippen molar-refractivity contribution in [2.45, 2.75) is 44.7 Å². The van der Waals surface area contributed by atoms with E-state index in [1.807, 2.05) is 36.4 Å². The molecule has 0 saturated heterocycles. The molecule has 0 unspecified atom stereocenters. The van der Waals surface area contributed by atoms with Crippen LogP contribution in [-0.2, 0) is 11.3 Å². The van der Waals surface area contributed by atoms with E-state index in [1.165, 1.54) is 13.5 Å². The van der Waals surface area contributed by atoms with E-state index in [4.69, 9.17) is 39.0 Å². The van der Waals surface area contributed by atoms with Gasteiger partial charge in [-0.05, 0) is 60.3 Å². The number of nitrogens with zero attached hydrogens (tertiary/aromatic N) is 1. The molecule has 1 aliphatic rings. The summed E-state index contributed by atoms with van der Waals surface area (Å²) in [6, 6.07) is 16.7. The summed E-state index contributed by atoms with van der Waals surface area (Å²) in [6.07, 6.45) is 5.42. The van der Waals surface area contributed by atoms with Crippen LogP contribution in [0.25, 0.3) is 10.8 Å². The molecule has 0 atom stereocenters. The lowest BCUT2D eigenvalue weighted by Gasteiger charge is -2.36. The summed E-state index contributed by atoms with van der Waals surface area (Å²) >= 11 is 12.1. The Hall–Kier alpha value is -3.36. The highest BCUT2D eigenvalue weighted by Gasteiger charge is 2.25. The number of halogens is 1. The molecule has 1 saturated carbocycles. The van der Waals surface area contributed by atoms with Crippen LogP contribution in [0.2, 0.25) is 5.02 Å². The summed E-state index contributed by atoms with van der Waals surface area (Å²) in [5.41, 5.74) is 6.65. The maximum absolute atomic E-state index is 13.3. The number of carbonyl (C=O) groups is 2. The standard InChI is InChI=1S/C28H30ClN3O4S/c1-35-25-15-18(13-14-24(25)36-17-26(30)33)16-32(19-7-3-2-4-8-19)28(37)31-27(34)22-11-5-10-21-20(22)9-6-12-23(21)29/h5-6,9-15,19H,2-4,7-8,16-17H2,1H3,(H2,30,33)(H,31,34,37). The monoisotopic (exact) mass is 539 g/mol. The van der Waals surface area contributed by atoms with E-state index >= 15 is 0 Å². The summed E-state index contributed by atoms with van der Waals surface area (Å²) in [5.74, 6) is 0.0836. The molecule has 1 fully saturated rings. The molecule has 3 aromatic rings. The second kappa shape index (κ2) is 12.3. The quantitative estimate of drug-likeness (QED) is 0.381. The third-order valence-electron chi connectivity index (χ3n) is 6.56. The molecule has 0 bridgehead atoms. The summed E-state index contributed by atoms with van der Waals surface area (Å²) in [5, 5.41) is 5.53. The Balaban J connectivity index is 1.56. The van der Waals surface area contributed by atoms with Crippen LogP contribution in [0.15, 0.2) is 54.6 Å². The maximum atomic E-state index is 13.3. The highest BCUT2D eigenvalue weighted by molar-refractivity contribution is 7.80. The molecular formula is C28H30ClN3O4S. The Morgan fingerprint density at radius 3 is 2.51 bits per heavy atom. The topological polar surface area (TPSA) is 93.9 Å². The minimum atomic E-state index is -0.566. The van der Waals surface area contributed by atoms with Gasteiger partial charge in [0.15, 0.2) is 23.2 Å². The molecule has 3 aromatic carbocycles. The zero-order valence-corrected chi connectivity index (χ0v) is 22.2. The number of thiocarbonyl (C=S) groups is 1. The van der Waals surface area contributed by atoms with Crippen molar-refractivity contribution in [2.24, 2.45) is 5.73 Å². The van der Waals surface area contributed by atoms with Crippen LogP contribution in [0.5, 0.6) is 11.5 Å². The number of nitrogens with two attached hydrogens (primary N) is 1. The minimum absolute atomic E-state index is 0.209. The van der Waals surface area contributed by atoms with Crippen LogP contribution < -0.4 is 20.5 Å². The zero-order chi connectivity index (χ0) is 26.4. The lowest BCUT2D eigenvalue weighted by atomic mass is 9.94. The second-order valence-electron chi connectivity index (χ2n) is 9.06. The molecule has 0 aromatic heterocycles. The van der Waals surface area contributed by atoms with Gasteiger partial charge in [-0.1, -0.05) is 61.2 Å². The lowest BCUT2D eigenvalue weighted by Crippen LogP contribution is -2.48. The third kappa shape index (κ3) is 6.50. The van der Waals surface area contributed by atoms with Crippen LogP contribution in [-0.4, -0.2) is 41.6 Å². The van der Waals surface area contributed by atoms with E-state index < -0.39 is 5.91 Å². The highest BCUT2D eigenvalue weighted by Crippen LogP contribution is 2.31. The average molecular weight is 540 g/mol. The van der Waals surface area contributed by atoms with Gasteiger partial charge in [0, 0.05) is 28.6 Å². The molecule has 2 amide bonds. The Morgan fingerprint density at radius 2 is 1.78 bits per heavy atom. The molecule has 0 radical (unpaired) electrons. The number of methoxy groups -OCH3 is 1. The number of amides is 2. The van der Waals surface area contributed by atoms with Crippen molar-refractivity contribution in [3.63, 3.8) is 0 Å². The van der Waals surface area contributed by atoms with Crippen LogP contribution in [0.4, 0.5) is 0 Å². The van der Waals surface area contributed by atoms with E-state index in [9.17, 15) is 9.59 Å². The maximum Gasteiger partial charge on any atom is 0.258 e. The Kier molecular flexibility index (Phi) is 8.84. The van der Waals surface area contributed by atoms with Crippen molar-refractivity contribution in [3.8, 4) is 11.5 Å². The number of benzene rings is 3. The predicted molar refractivity (Wildman–Crippen MR) is 149 cm³/mol. The van der Waals surface area contributed by atoms with Gasteiger partial charge in [0.2, 0.25) is 0 Å². The molecule has 3 N–H and O–H groups in total. The Bertz CT molecular complexity index is 1310. The van der Waals surface area contributed by atoms with Crippen LogP contribution in [0.1, 0.15) is 48.0 Å². The van der Waals surface area contributed by atoms with E-state index in [2.05, 4.69) is 10.2 Å². The van der Waals surface area contributed by atoms with Gasteiger partial charge >= 0.3 is 0 Å². The van der Waals surface area contributed by atoms with Crippen molar-refractivity contribution in [3.05, 3.63) is 70.7 Å². The van der Waals surface area contributed by atoms with E-state index in [0.717, 1.165) is 42.0 Å². The molecule has 0 spiro atoms. The van der Waals surface area contributed by atoms with Gasteiger partial charge in [-0.2, -0.15) is 0 Å². The van der Waals surface area contributed by atoms with E-state index in [1.54, 1.807) is 18.2 Å². The number of fused-ring (bicyclic) bond motifs is 1. The minimum Gasteiger partial charge on any atom is -0.493 e. The van der Waals surface area contributed by atoms with Crippen molar-refractivity contribution in [2.75, 3.05) is 13.7 Å². The van der Waals surface area contributed by atoms with Crippen LogP contribution in [0, 0.1) is 0 Å². The number of nitrogens with one attached hydrogen (secondary N) is 1. The van der Waals surface area contributed by atoms with E-state index in [-0.39, 0.29) is 18.6 Å². The average Bonchev–Trinajstić information content (AvgIpc) is 2.91. The SMILES string of the molecule is COc1cc(CN(C(=S)NC(=O)c2cccc3c(Cl)cccc23)C2CCCCC2)ccc1OCC(N)=O. The fraction of sp³-hybridized carbons (Fsp3) is 0.321. The first-order chi connectivity index (χ1) is 17.9. The number of ether oxygens (including phenoxy) is 2. The fourth-order valence-corrected chi connectivity index (χ4v) is 5.28. The van der Waals surface area contributed by atoms with Gasteiger partial charge < -0.3 is 20.1 Å². The van der Waals surface area contributed by atoms with Crippen molar-refractivity contribution in [1.82, 2.24) is 10.2 Å². The molecule has 0 heterocycles. The molecule has 9 heteroatoms. The number of hydrogen-bond acceptors (Lipinski definition) is 5. The first-order valence-electron chi connectivity index (χ1n) is 12.2. The molecule has 0 aliphatic heterocycles. The normalized spacial score (nSPS) is 13.7. The second-order valence-corrected chi connectivity index (χ2v) is 9.85. The van der Waals surface area contributed by atoms with E-state index in [0.29, 0.717) is 33.7 Å². The van der Waals surface area contributed by atoms with Crippen molar-refractivity contribution in [1.29, 1.82) is 0 Å². The number of carbonyl (C=O) groups excluding carboxylic acids is 2. The summed E-state index contributed by atoms with van der Waals surface area (Å²) in [6.45, 7) is 0.247. The number of rotatable bonds is 8. The fourth-order valence-electron chi connectivity index (χ4n) is 4.74. The third-order valence-corrected chi connectivity index (χ3v) is 7.23. The van der Waals surface area contributed by atoms with Gasteiger partial charge in [-0.25, -0.2) is 0 Å². The van der Waals surface area contributed by atoms with Crippen molar-refractivity contribution >= 4 is 51.5 Å². The summed E-state index contributed by atoms with van der Waals surface area (Å²) in [7, 11) is 1.54. The number of primary amides is 1. The lowest BCUT2D eigenvalue weighted by molar-refractivity contribution is -0.119. The van der Waals surface area contributed by atoms with Gasteiger partial charge in [0.05, 0.1) is 7.11 Å². The molecular weight excluding hydrogens is 510 g/mol. The highest BCUT2D eigenvalue weighted by atomic mass is 35.5. The smallest absolute Gasteiger partial charge is 0.258 e. The van der Waals surface area contributed by atoms with Gasteiger partial charge in [0.25, 0.3) is 11.8 Å². The first kappa shape index (κ1) is 26.7. The van der Waals surface area contributed by atoms with Gasteiger partial charge in [-0.3, -0.25) is 14.9 Å². The summed E-state index contributed by atoms with van der Waals surface area (Å²) in [4.78, 5) is 26.5. The first-order valence-corrected chi connectivity index (χ1v) is 13.0. The molecule has 194 valence electrons. The largest absolute Gasteiger partial charge is 0.493 e. The molecule has 37 heavy (non-hydrogen) atoms. The Labute approximate surface area is 226 Å². The van der Waals surface area contributed by atoms with Crippen LogP contribution in [0.3, 0.4) is 0 Å². The summed E-state index contributed by atoms with van der Waals surface area (Å²) < 4.78 is 10.9.